The number of halogens is 2. The zero-order chi connectivity index (χ0) is 15.9. The molecule has 0 bridgehead atoms. The molecule has 2 rings (SSSR count). The van der Waals surface area contributed by atoms with E-state index in [-0.39, 0.29) is 16.5 Å². The quantitative estimate of drug-likeness (QED) is 0.822. The van der Waals surface area contributed by atoms with Gasteiger partial charge < -0.3 is 10.1 Å². The van der Waals surface area contributed by atoms with Crippen molar-refractivity contribution in [2.75, 3.05) is 11.9 Å². The Morgan fingerprint density at radius 2 is 2.00 bits per heavy atom. The number of hydrogen-bond acceptors (Lipinski definition) is 2. The lowest BCUT2D eigenvalue weighted by Gasteiger charge is -2.05. The second kappa shape index (κ2) is 7.61. The number of benzene rings is 2. The van der Waals surface area contributed by atoms with Gasteiger partial charge in [-0.15, -0.1) is 0 Å². The molecule has 22 heavy (non-hydrogen) atoms. The largest absolute Gasteiger partial charge is 0.494 e. The van der Waals surface area contributed by atoms with Crippen LogP contribution in [0.2, 0.25) is 5.02 Å². The van der Waals surface area contributed by atoms with Crippen molar-refractivity contribution >= 4 is 29.3 Å². The van der Waals surface area contributed by atoms with Gasteiger partial charge in [0.2, 0.25) is 5.91 Å². The van der Waals surface area contributed by atoms with Crippen LogP contribution in [0, 0.1) is 5.82 Å². The van der Waals surface area contributed by atoms with Crippen molar-refractivity contribution in [1.29, 1.82) is 0 Å². The summed E-state index contributed by atoms with van der Waals surface area (Å²) in [6.45, 7) is 2.48. The summed E-state index contributed by atoms with van der Waals surface area (Å²) in [6, 6.07) is 11.3. The Labute approximate surface area is 133 Å². The Morgan fingerprint density at radius 1 is 1.27 bits per heavy atom. The predicted octanol–water partition coefficient (Wildman–Crippen LogP) is 4.53. The molecular weight excluding hydrogens is 305 g/mol. The molecule has 114 valence electrons. The number of carbonyl (C=O) groups is 1. The second-order valence-corrected chi connectivity index (χ2v) is 4.82. The standard InChI is InChI=1S/C17H15ClFNO2/c1-2-22-13-8-6-12(7-9-13)20-17(21)11-10-14-15(18)4-3-5-16(14)19/h3-11H,2H2,1H3,(H,20,21). The Hall–Kier alpha value is -2.33. The summed E-state index contributed by atoms with van der Waals surface area (Å²) in [6.07, 6.45) is 2.59. The summed E-state index contributed by atoms with van der Waals surface area (Å²) in [4.78, 5) is 11.8. The summed E-state index contributed by atoms with van der Waals surface area (Å²) < 4.78 is 18.9. The van der Waals surface area contributed by atoms with E-state index in [1.165, 1.54) is 24.3 Å². The molecule has 2 aromatic rings. The van der Waals surface area contributed by atoms with Gasteiger partial charge in [-0.05, 0) is 49.4 Å². The van der Waals surface area contributed by atoms with Crippen LogP contribution in [0.5, 0.6) is 5.75 Å². The molecule has 0 fully saturated rings. The number of carbonyl (C=O) groups excluding carboxylic acids is 1. The number of ether oxygens (including phenoxy) is 1. The fourth-order valence-electron chi connectivity index (χ4n) is 1.81. The lowest BCUT2D eigenvalue weighted by molar-refractivity contribution is -0.111. The van der Waals surface area contributed by atoms with E-state index in [1.807, 2.05) is 6.92 Å². The van der Waals surface area contributed by atoms with Crippen LogP contribution >= 0.6 is 11.6 Å². The normalized spacial score (nSPS) is 10.7. The molecule has 1 N–H and O–H groups in total. The maximum absolute atomic E-state index is 13.6. The maximum Gasteiger partial charge on any atom is 0.248 e. The fraction of sp³-hybridized carbons (Fsp3) is 0.118. The first kappa shape index (κ1) is 16.0. The number of amides is 1. The smallest absolute Gasteiger partial charge is 0.248 e. The number of nitrogens with one attached hydrogen (secondary N) is 1. The molecule has 1 amide bonds. The van der Waals surface area contributed by atoms with Gasteiger partial charge in [0.1, 0.15) is 11.6 Å². The lowest BCUT2D eigenvalue weighted by Crippen LogP contribution is -2.07. The van der Waals surface area contributed by atoms with Gasteiger partial charge in [-0.3, -0.25) is 4.79 Å². The molecule has 0 aliphatic heterocycles. The zero-order valence-corrected chi connectivity index (χ0v) is 12.7. The van der Waals surface area contributed by atoms with Crippen LogP contribution in [-0.2, 0) is 4.79 Å². The molecule has 0 aliphatic carbocycles. The molecular formula is C17H15ClFNO2. The van der Waals surface area contributed by atoms with Gasteiger partial charge >= 0.3 is 0 Å². The molecule has 0 spiro atoms. The van der Waals surface area contributed by atoms with E-state index in [4.69, 9.17) is 16.3 Å². The van der Waals surface area contributed by atoms with E-state index in [2.05, 4.69) is 5.32 Å². The van der Waals surface area contributed by atoms with Crippen LogP contribution in [0.25, 0.3) is 6.08 Å². The monoisotopic (exact) mass is 319 g/mol. The minimum absolute atomic E-state index is 0.186. The Bertz CT molecular complexity index is 663. The first-order chi connectivity index (χ1) is 10.6. The molecule has 0 atom stereocenters. The van der Waals surface area contributed by atoms with E-state index in [1.54, 1.807) is 30.3 Å². The van der Waals surface area contributed by atoms with Gasteiger partial charge in [0.15, 0.2) is 0 Å². The Kier molecular flexibility index (Phi) is 5.55. The van der Waals surface area contributed by atoms with Crippen molar-refractivity contribution in [3.8, 4) is 5.75 Å². The topological polar surface area (TPSA) is 38.3 Å². The van der Waals surface area contributed by atoms with E-state index in [9.17, 15) is 9.18 Å². The van der Waals surface area contributed by atoms with Gasteiger partial charge in [-0.1, -0.05) is 17.7 Å². The van der Waals surface area contributed by atoms with Crippen molar-refractivity contribution in [3.05, 3.63) is 64.9 Å². The summed E-state index contributed by atoms with van der Waals surface area (Å²) in [5.41, 5.74) is 0.809. The minimum Gasteiger partial charge on any atom is -0.494 e. The summed E-state index contributed by atoms with van der Waals surface area (Å²) >= 11 is 5.88. The van der Waals surface area contributed by atoms with Crippen LogP contribution in [0.15, 0.2) is 48.5 Å². The highest BCUT2D eigenvalue weighted by atomic mass is 35.5. The molecule has 0 radical (unpaired) electrons. The van der Waals surface area contributed by atoms with E-state index >= 15 is 0 Å². The summed E-state index contributed by atoms with van der Waals surface area (Å²) in [7, 11) is 0. The summed E-state index contributed by atoms with van der Waals surface area (Å²) in [5.74, 6) is -0.115. The molecule has 0 heterocycles. The third-order valence-electron chi connectivity index (χ3n) is 2.83. The second-order valence-electron chi connectivity index (χ2n) is 4.42. The first-order valence-electron chi connectivity index (χ1n) is 6.76. The molecule has 0 aliphatic rings. The first-order valence-corrected chi connectivity index (χ1v) is 7.14. The van der Waals surface area contributed by atoms with Gasteiger partial charge in [-0.25, -0.2) is 4.39 Å². The highest BCUT2D eigenvalue weighted by Crippen LogP contribution is 2.20. The average Bonchev–Trinajstić information content (AvgIpc) is 2.49. The van der Waals surface area contributed by atoms with Gasteiger partial charge in [0, 0.05) is 17.3 Å². The Morgan fingerprint density at radius 3 is 2.64 bits per heavy atom. The van der Waals surface area contributed by atoms with Crippen molar-refractivity contribution in [3.63, 3.8) is 0 Å². The van der Waals surface area contributed by atoms with Crippen molar-refractivity contribution in [2.24, 2.45) is 0 Å². The molecule has 0 aromatic heterocycles. The Balaban J connectivity index is 2.02. The number of rotatable bonds is 5. The molecule has 5 heteroatoms. The van der Waals surface area contributed by atoms with Gasteiger partial charge in [0.25, 0.3) is 0 Å². The number of anilines is 1. The summed E-state index contributed by atoms with van der Waals surface area (Å²) in [5, 5.41) is 2.93. The lowest BCUT2D eigenvalue weighted by atomic mass is 10.2. The molecule has 0 saturated carbocycles. The van der Waals surface area contributed by atoms with Crippen LogP contribution in [0.4, 0.5) is 10.1 Å². The van der Waals surface area contributed by atoms with Gasteiger partial charge in [-0.2, -0.15) is 0 Å². The van der Waals surface area contributed by atoms with Crippen LogP contribution in [0.3, 0.4) is 0 Å². The van der Waals surface area contributed by atoms with Crippen LogP contribution in [0.1, 0.15) is 12.5 Å². The van der Waals surface area contributed by atoms with E-state index in [0.717, 1.165) is 5.75 Å². The fourth-order valence-corrected chi connectivity index (χ4v) is 2.04. The van der Waals surface area contributed by atoms with Gasteiger partial charge in [0.05, 0.1) is 11.6 Å². The highest BCUT2D eigenvalue weighted by molar-refractivity contribution is 6.32. The highest BCUT2D eigenvalue weighted by Gasteiger charge is 2.04. The van der Waals surface area contributed by atoms with Crippen LogP contribution in [-0.4, -0.2) is 12.5 Å². The minimum atomic E-state index is -0.474. The van der Waals surface area contributed by atoms with E-state index < -0.39 is 5.82 Å². The average molecular weight is 320 g/mol. The maximum atomic E-state index is 13.6. The van der Waals surface area contributed by atoms with E-state index in [0.29, 0.717) is 12.3 Å². The predicted molar refractivity (Wildman–Crippen MR) is 86.7 cm³/mol. The van der Waals surface area contributed by atoms with Crippen LogP contribution < -0.4 is 10.1 Å². The molecule has 3 nitrogen and oxygen atoms in total. The third-order valence-corrected chi connectivity index (χ3v) is 3.16. The molecule has 0 saturated heterocycles. The van der Waals surface area contributed by atoms with Crippen molar-refractivity contribution in [2.45, 2.75) is 6.92 Å². The third kappa shape index (κ3) is 4.33. The van der Waals surface area contributed by atoms with Crippen molar-refractivity contribution < 1.29 is 13.9 Å². The molecule has 2 aromatic carbocycles. The zero-order valence-electron chi connectivity index (χ0n) is 12.0. The SMILES string of the molecule is CCOc1ccc(NC(=O)C=Cc2c(F)cccc2Cl)cc1. The van der Waals surface area contributed by atoms with Crippen molar-refractivity contribution in [1.82, 2.24) is 0 Å². The number of hydrogen-bond donors (Lipinski definition) is 1. The molecule has 0 unspecified atom stereocenters.